The van der Waals surface area contributed by atoms with Crippen molar-refractivity contribution in [2.24, 2.45) is 0 Å². The van der Waals surface area contributed by atoms with Gasteiger partial charge in [-0.05, 0) is 19.8 Å². The summed E-state index contributed by atoms with van der Waals surface area (Å²) < 4.78 is 6.10. The molecule has 0 heterocycles. The molecule has 0 saturated heterocycles. The Kier molecular flexibility index (Phi) is 13.1. The maximum Gasteiger partial charge on any atom is 0.333 e. The summed E-state index contributed by atoms with van der Waals surface area (Å²) >= 11 is 0. The second-order valence-electron chi connectivity index (χ2n) is 7.48. The molecule has 0 atom stereocenters. The van der Waals surface area contributed by atoms with Crippen molar-refractivity contribution < 1.29 is 14.0 Å². The van der Waals surface area contributed by atoms with Crippen LogP contribution in [0.4, 0.5) is 0 Å². The average molecular weight is 327 g/mol. The van der Waals surface area contributed by atoms with E-state index in [-0.39, 0.29) is 5.97 Å². The zero-order valence-electron chi connectivity index (χ0n) is 16.2. The van der Waals surface area contributed by atoms with Crippen molar-refractivity contribution in [3.63, 3.8) is 0 Å². The molecule has 0 fully saturated rings. The van der Waals surface area contributed by atoms with Crippen molar-refractivity contribution in [3.05, 3.63) is 12.2 Å². The largest absolute Gasteiger partial charge is 0.456 e. The molecular weight excluding hydrogens is 286 g/mol. The fraction of sp³-hybridized carbons (Fsp3) is 0.850. The van der Waals surface area contributed by atoms with Crippen LogP contribution >= 0.6 is 0 Å². The molecule has 0 N–H and O–H groups in total. The van der Waals surface area contributed by atoms with E-state index in [9.17, 15) is 4.79 Å². The molecule has 0 aliphatic carbocycles. The summed E-state index contributed by atoms with van der Waals surface area (Å²) in [6.45, 7) is 10.1. The van der Waals surface area contributed by atoms with E-state index in [2.05, 4.69) is 27.6 Å². The molecule has 0 radical (unpaired) electrons. The quantitative estimate of drug-likeness (QED) is 0.181. The number of carbonyl (C=O) groups excluding carboxylic acids is 1. The highest BCUT2D eigenvalue weighted by atomic mass is 16.5. The number of nitrogens with zero attached hydrogens (tertiary/aromatic N) is 1. The normalized spacial score (nSPS) is 11.5. The van der Waals surface area contributed by atoms with Gasteiger partial charge in [0, 0.05) is 5.57 Å². The molecule has 0 rings (SSSR count). The van der Waals surface area contributed by atoms with Crippen LogP contribution in [0, 0.1) is 0 Å². The summed E-state index contributed by atoms with van der Waals surface area (Å²) in [5, 5.41) is 0. The Morgan fingerprint density at radius 2 is 1.35 bits per heavy atom. The van der Waals surface area contributed by atoms with Crippen LogP contribution in [-0.4, -0.2) is 44.2 Å². The SMILES string of the molecule is C=C(C)C(=O)OCC[N+](C)(C)CCCCCCCCCCCC. The third kappa shape index (κ3) is 14.5. The number of rotatable bonds is 15. The topological polar surface area (TPSA) is 26.3 Å². The van der Waals surface area contributed by atoms with Gasteiger partial charge in [-0.2, -0.15) is 0 Å². The lowest BCUT2D eigenvalue weighted by molar-refractivity contribution is -0.890. The number of ether oxygens (including phenoxy) is 1. The van der Waals surface area contributed by atoms with Gasteiger partial charge < -0.3 is 9.22 Å². The lowest BCUT2D eigenvalue weighted by Crippen LogP contribution is -2.43. The summed E-state index contributed by atoms with van der Waals surface area (Å²) in [6, 6.07) is 0. The molecule has 0 aromatic carbocycles. The van der Waals surface area contributed by atoms with Gasteiger partial charge in [-0.15, -0.1) is 0 Å². The third-order valence-corrected chi connectivity index (χ3v) is 4.40. The van der Waals surface area contributed by atoms with Crippen LogP contribution in [-0.2, 0) is 9.53 Å². The minimum Gasteiger partial charge on any atom is -0.456 e. The van der Waals surface area contributed by atoms with Crippen molar-refractivity contribution in [2.45, 2.75) is 78.1 Å². The molecule has 0 bridgehead atoms. The second-order valence-corrected chi connectivity index (χ2v) is 7.48. The lowest BCUT2D eigenvalue weighted by atomic mass is 10.1. The fourth-order valence-electron chi connectivity index (χ4n) is 2.65. The maximum atomic E-state index is 11.3. The summed E-state index contributed by atoms with van der Waals surface area (Å²) in [5.74, 6) is -0.274. The van der Waals surface area contributed by atoms with Gasteiger partial charge in [0.2, 0.25) is 0 Å². The zero-order chi connectivity index (χ0) is 17.6. The van der Waals surface area contributed by atoms with Gasteiger partial charge in [-0.25, -0.2) is 4.79 Å². The van der Waals surface area contributed by atoms with Crippen molar-refractivity contribution in [1.82, 2.24) is 0 Å². The summed E-state index contributed by atoms with van der Waals surface area (Å²) in [7, 11) is 4.42. The second kappa shape index (κ2) is 13.6. The first kappa shape index (κ1) is 22.2. The molecule has 3 nitrogen and oxygen atoms in total. The Hall–Kier alpha value is -0.830. The van der Waals surface area contributed by atoms with E-state index in [1.807, 2.05) is 0 Å². The number of carbonyl (C=O) groups is 1. The van der Waals surface area contributed by atoms with Crippen molar-refractivity contribution in [3.8, 4) is 0 Å². The molecule has 0 aromatic heterocycles. The number of hydrogen-bond donors (Lipinski definition) is 0. The Morgan fingerprint density at radius 1 is 0.870 bits per heavy atom. The Bertz CT molecular complexity index is 324. The highest BCUT2D eigenvalue weighted by Crippen LogP contribution is 2.11. The molecule has 0 unspecified atom stereocenters. The highest BCUT2D eigenvalue weighted by molar-refractivity contribution is 5.86. The van der Waals surface area contributed by atoms with Gasteiger partial charge in [-0.3, -0.25) is 0 Å². The molecule has 3 heteroatoms. The zero-order valence-corrected chi connectivity index (χ0v) is 16.2. The smallest absolute Gasteiger partial charge is 0.333 e. The van der Waals surface area contributed by atoms with E-state index in [1.54, 1.807) is 6.92 Å². The molecule has 0 spiro atoms. The van der Waals surface area contributed by atoms with Gasteiger partial charge in [0.1, 0.15) is 13.2 Å². The molecule has 0 amide bonds. The van der Waals surface area contributed by atoms with E-state index in [0.29, 0.717) is 12.2 Å². The Labute approximate surface area is 144 Å². The van der Waals surface area contributed by atoms with Gasteiger partial charge in [0.25, 0.3) is 0 Å². The standard InChI is InChI=1S/C20H40NO2/c1-6-7-8-9-10-11-12-13-14-15-16-21(4,5)17-18-23-20(22)19(2)3/h2,6-18H2,1,3-5H3/q+1. The van der Waals surface area contributed by atoms with Crippen molar-refractivity contribution in [2.75, 3.05) is 33.8 Å². The number of hydrogen-bond acceptors (Lipinski definition) is 2. The molecule has 136 valence electrons. The fourth-order valence-corrected chi connectivity index (χ4v) is 2.65. The van der Waals surface area contributed by atoms with E-state index in [4.69, 9.17) is 4.74 Å². The first-order chi connectivity index (χ1) is 10.9. The van der Waals surface area contributed by atoms with Crippen LogP contribution in [0.2, 0.25) is 0 Å². The van der Waals surface area contributed by atoms with E-state index in [1.165, 1.54) is 64.2 Å². The van der Waals surface area contributed by atoms with Crippen LogP contribution in [0.1, 0.15) is 78.1 Å². The minimum absolute atomic E-state index is 0.274. The van der Waals surface area contributed by atoms with Crippen LogP contribution in [0.3, 0.4) is 0 Å². The number of esters is 1. The summed E-state index contributed by atoms with van der Waals surface area (Å²) in [6.07, 6.45) is 13.7. The third-order valence-electron chi connectivity index (χ3n) is 4.40. The monoisotopic (exact) mass is 326 g/mol. The molecule has 0 saturated carbocycles. The molecule has 0 aliphatic heterocycles. The Balaban J connectivity index is 3.48. The van der Waals surface area contributed by atoms with E-state index >= 15 is 0 Å². The van der Waals surface area contributed by atoms with Crippen molar-refractivity contribution >= 4 is 5.97 Å². The Morgan fingerprint density at radius 3 is 1.83 bits per heavy atom. The van der Waals surface area contributed by atoms with Crippen LogP contribution < -0.4 is 0 Å². The minimum atomic E-state index is -0.274. The predicted molar refractivity (Wildman–Crippen MR) is 99.5 cm³/mol. The number of unbranched alkanes of at least 4 members (excludes halogenated alkanes) is 9. The number of likely N-dealkylation sites (N-methyl/N-ethyl adjacent to an activating group) is 1. The highest BCUT2D eigenvalue weighted by Gasteiger charge is 2.15. The van der Waals surface area contributed by atoms with Crippen molar-refractivity contribution in [1.29, 1.82) is 0 Å². The van der Waals surface area contributed by atoms with Crippen LogP contribution in [0.25, 0.3) is 0 Å². The van der Waals surface area contributed by atoms with Gasteiger partial charge in [0.15, 0.2) is 0 Å². The first-order valence-corrected chi connectivity index (χ1v) is 9.53. The molecular formula is C20H40NO2+. The predicted octanol–water partition coefficient (Wildman–Crippen LogP) is 5.10. The average Bonchev–Trinajstić information content (AvgIpc) is 2.48. The van der Waals surface area contributed by atoms with Gasteiger partial charge in [-0.1, -0.05) is 64.9 Å². The van der Waals surface area contributed by atoms with E-state index < -0.39 is 0 Å². The summed E-state index contributed by atoms with van der Waals surface area (Å²) in [5.41, 5.74) is 0.477. The van der Waals surface area contributed by atoms with Gasteiger partial charge >= 0.3 is 5.97 Å². The number of quaternary nitrogens is 1. The van der Waals surface area contributed by atoms with Crippen LogP contribution in [0.15, 0.2) is 12.2 Å². The molecule has 0 aliphatic rings. The van der Waals surface area contributed by atoms with Gasteiger partial charge in [0.05, 0.1) is 20.6 Å². The maximum absolute atomic E-state index is 11.3. The lowest BCUT2D eigenvalue weighted by Gasteiger charge is -2.29. The van der Waals surface area contributed by atoms with E-state index in [0.717, 1.165) is 17.6 Å². The molecule has 0 aromatic rings. The summed E-state index contributed by atoms with van der Waals surface area (Å²) in [4.78, 5) is 11.3. The molecule has 23 heavy (non-hydrogen) atoms. The first-order valence-electron chi connectivity index (χ1n) is 9.53. The van der Waals surface area contributed by atoms with Crippen LogP contribution in [0.5, 0.6) is 0 Å².